The van der Waals surface area contributed by atoms with Crippen molar-refractivity contribution in [2.24, 2.45) is 0 Å². The molecule has 0 saturated carbocycles. The first-order chi connectivity index (χ1) is 8.25. The van der Waals surface area contributed by atoms with E-state index in [0.717, 1.165) is 22.6 Å². The van der Waals surface area contributed by atoms with Gasteiger partial charge in [-0.1, -0.05) is 18.2 Å². The minimum absolute atomic E-state index is 0.660. The summed E-state index contributed by atoms with van der Waals surface area (Å²) in [6, 6.07) is 11.4. The Morgan fingerprint density at radius 1 is 0.941 bits per heavy atom. The molecule has 3 rings (SSSR count). The SMILES string of the molecule is Nc1ccccc1-c1cn2cccc(N)c2n1. The van der Waals surface area contributed by atoms with Crippen LogP contribution in [0.3, 0.4) is 0 Å². The number of nitrogens with two attached hydrogens (primary N) is 2. The van der Waals surface area contributed by atoms with Gasteiger partial charge in [-0.05, 0) is 18.2 Å². The fraction of sp³-hybridized carbons (Fsp3) is 0. The topological polar surface area (TPSA) is 69.3 Å². The Morgan fingerprint density at radius 3 is 2.47 bits per heavy atom. The maximum absolute atomic E-state index is 5.93. The number of nitrogen functional groups attached to an aromatic ring is 2. The molecule has 4 heteroatoms. The van der Waals surface area contributed by atoms with Gasteiger partial charge in [-0.15, -0.1) is 0 Å². The molecule has 84 valence electrons. The number of nitrogens with zero attached hydrogens (tertiary/aromatic N) is 2. The Morgan fingerprint density at radius 2 is 1.71 bits per heavy atom. The summed E-state index contributed by atoms with van der Waals surface area (Å²) in [6.45, 7) is 0. The highest BCUT2D eigenvalue weighted by atomic mass is 15.0. The number of imidazole rings is 1. The summed E-state index contributed by atoms with van der Waals surface area (Å²) >= 11 is 0. The van der Waals surface area contributed by atoms with Gasteiger partial charge < -0.3 is 15.9 Å². The monoisotopic (exact) mass is 224 g/mol. The predicted molar refractivity (Wildman–Crippen MR) is 69.5 cm³/mol. The molecule has 0 spiro atoms. The van der Waals surface area contributed by atoms with Crippen LogP contribution >= 0.6 is 0 Å². The Hall–Kier alpha value is -2.49. The van der Waals surface area contributed by atoms with Crippen molar-refractivity contribution < 1.29 is 0 Å². The average molecular weight is 224 g/mol. The van der Waals surface area contributed by atoms with Gasteiger partial charge in [0.25, 0.3) is 0 Å². The zero-order chi connectivity index (χ0) is 11.8. The van der Waals surface area contributed by atoms with Crippen LogP contribution in [0.1, 0.15) is 0 Å². The fourth-order valence-corrected chi connectivity index (χ4v) is 1.89. The Bertz CT molecular complexity index is 685. The van der Waals surface area contributed by atoms with Crippen molar-refractivity contribution in [3.8, 4) is 11.3 Å². The van der Waals surface area contributed by atoms with Crippen LogP contribution in [0.4, 0.5) is 11.4 Å². The highest BCUT2D eigenvalue weighted by Crippen LogP contribution is 2.26. The minimum Gasteiger partial charge on any atom is -0.398 e. The molecule has 0 aliphatic rings. The van der Waals surface area contributed by atoms with E-state index in [1.807, 2.05) is 53.2 Å². The summed E-state index contributed by atoms with van der Waals surface area (Å²) in [5, 5.41) is 0. The molecule has 0 atom stereocenters. The summed E-state index contributed by atoms with van der Waals surface area (Å²) in [7, 11) is 0. The molecule has 3 aromatic rings. The van der Waals surface area contributed by atoms with E-state index in [9.17, 15) is 0 Å². The van der Waals surface area contributed by atoms with Crippen molar-refractivity contribution in [1.29, 1.82) is 0 Å². The third kappa shape index (κ3) is 1.50. The van der Waals surface area contributed by atoms with Gasteiger partial charge in [-0.25, -0.2) is 4.98 Å². The van der Waals surface area contributed by atoms with Gasteiger partial charge in [0.1, 0.15) is 0 Å². The first-order valence-corrected chi connectivity index (χ1v) is 5.34. The van der Waals surface area contributed by atoms with E-state index in [-0.39, 0.29) is 0 Å². The van der Waals surface area contributed by atoms with Crippen molar-refractivity contribution in [2.45, 2.75) is 0 Å². The minimum atomic E-state index is 0.660. The van der Waals surface area contributed by atoms with Gasteiger partial charge in [0, 0.05) is 23.6 Å². The second kappa shape index (κ2) is 3.52. The van der Waals surface area contributed by atoms with Crippen LogP contribution in [0.25, 0.3) is 16.9 Å². The lowest BCUT2D eigenvalue weighted by atomic mass is 10.1. The molecule has 0 bridgehead atoms. The summed E-state index contributed by atoms with van der Waals surface area (Å²) in [4.78, 5) is 4.50. The molecule has 2 aromatic heterocycles. The maximum Gasteiger partial charge on any atom is 0.160 e. The average Bonchev–Trinajstić information content (AvgIpc) is 2.75. The quantitative estimate of drug-likeness (QED) is 0.622. The standard InChI is InChI=1S/C13H12N4/c14-10-5-2-1-4-9(10)12-8-17-7-3-6-11(15)13(17)16-12/h1-8H,14-15H2. The Balaban J connectivity index is 2.26. The lowest BCUT2D eigenvalue weighted by molar-refractivity contribution is 1.19. The zero-order valence-corrected chi connectivity index (χ0v) is 9.17. The molecule has 0 amide bonds. The van der Waals surface area contributed by atoms with E-state index >= 15 is 0 Å². The van der Waals surface area contributed by atoms with Gasteiger partial charge in [0.15, 0.2) is 5.65 Å². The van der Waals surface area contributed by atoms with Gasteiger partial charge in [0.2, 0.25) is 0 Å². The molecule has 1 aromatic carbocycles. The number of pyridine rings is 1. The molecule has 0 saturated heterocycles. The second-order valence-corrected chi connectivity index (χ2v) is 3.91. The molecule has 0 unspecified atom stereocenters. The number of hydrogen-bond donors (Lipinski definition) is 2. The Labute approximate surface area is 98.5 Å². The van der Waals surface area contributed by atoms with Crippen LogP contribution in [0.15, 0.2) is 48.8 Å². The van der Waals surface area contributed by atoms with E-state index < -0.39 is 0 Å². The second-order valence-electron chi connectivity index (χ2n) is 3.91. The van der Waals surface area contributed by atoms with E-state index in [0.29, 0.717) is 5.69 Å². The highest BCUT2D eigenvalue weighted by Gasteiger charge is 2.08. The summed E-state index contributed by atoms with van der Waals surface area (Å²) < 4.78 is 1.90. The van der Waals surface area contributed by atoms with Crippen LogP contribution in [-0.4, -0.2) is 9.38 Å². The van der Waals surface area contributed by atoms with Crippen molar-refractivity contribution in [2.75, 3.05) is 11.5 Å². The molecule has 0 radical (unpaired) electrons. The van der Waals surface area contributed by atoms with Crippen LogP contribution in [-0.2, 0) is 0 Å². The van der Waals surface area contributed by atoms with Gasteiger partial charge in [-0.3, -0.25) is 0 Å². The van der Waals surface area contributed by atoms with E-state index in [2.05, 4.69) is 4.98 Å². The van der Waals surface area contributed by atoms with E-state index in [1.165, 1.54) is 0 Å². The molecule has 2 heterocycles. The van der Waals surface area contributed by atoms with Crippen molar-refractivity contribution in [3.63, 3.8) is 0 Å². The summed E-state index contributed by atoms with van der Waals surface area (Å²) in [5.41, 5.74) is 15.7. The van der Waals surface area contributed by atoms with Crippen LogP contribution < -0.4 is 11.5 Å². The first kappa shape index (κ1) is 9.72. The van der Waals surface area contributed by atoms with Crippen LogP contribution in [0, 0.1) is 0 Å². The third-order valence-corrected chi connectivity index (χ3v) is 2.75. The van der Waals surface area contributed by atoms with Crippen molar-refractivity contribution in [1.82, 2.24) is 9.38 Å². The van der Waals surface area contributed by atoms with Crippen molar-refractivity contribution in [3.05, 3.63) is 48.8 Å². The maximum atomic E-state index is 5.93. The molecule has 0 fully saturated rings. The first-order valence-electron chi connectivity index (χ1n) is 5.34. The number of fused-ring (bicyclic) bond motifs is 1. The smallest absolute Gasteiger partial charge is 0.160 e. The predicted octanol–water partition coefficient (Wildman–Crippen LogP) is 2.17. The number of benzene rings is 1. The zero-order valence-electron chi connectivity index (χ0n) is 9.17. The number of aromatic nitrogens is 2. The lowest BCUT2D eigenvalue weighted by Gasteiger charge is -1.99. The fourth-order valence-electron chi connectivity index (χ4n) is 1.89. The van der Waals surface area contributed by atoms with E-state index in [1.54, 1.807) is 0 Å². The summed E-state index contributed by atoms with van der Waals surface area (Å²) in [6.07, 6.45) is 3.85. The van der Waals surface area contributed by atoms with Gasteiger partial charge >= 0.3 is 0 Å². The molecule has 0 aliphatic carbocycles. The third-order valence-electron chi connectivity index (χ3n) is 2.75. The van der Waals surface area contributed by atoms with Gasteiger partial charge in [-0.2, -0.15) is 0 Å². The van der Waals surface area contributed by atoms with Crippen LogP contribution in [0.2, 0.25) is 0 Å². The lowest BCUT2D eigenvalue weighted by Crippen LogP contribution is -1.90. The van der Waals surface area contributed by atoms with Gasteiger partial charge in [0.05, 0.1) is 11.4 Å². The summed E-state index contributed by atoms with van der Waals surface area (Å²) in [5.74, 6) is 0. The van der Waals surface area contributed by atoms with Crippen LogP contribution in [0.5, 0.6) is 0 Å². The van der Waals surface area contributed by atoms with E-state index in [4.69, 9.17) is 11.5 Å². The highest BCUT2D eigenvalue weighted by molar-refractivity contribution is 5.77. The Kier molecular flexibility index (Phi) is 2.01. The number of para-hydroxylation sites is 1. The molecule has 17 heavy (non-hydrogen) atoms. The molecular weight excluding hydrogens is 212 g/mol. The molecule has 4 N–H and O–H groups in total. The molecular formula is C13H12N4. The largest absolute Gasteiger partial charge is 0.398 e. The molecule has 4 nitrogen and oxygen atoms in total. The number of hydrogen-bond acceptors (Lipinski definition) is 3. The number of rotatable bonds is 1. The number of anilines is 2. The van der Waals surface area contributed by atoms with Crippen molar-refractivity contribution >= 4 is 17.0 Å². The normalized spacial score (nSPS) is 10.8. The molecule has 0 aliphatic heterocycles.